The summed E-state index contributed by atoms with van der Waals surface area (Å²) in [5, 5.41) is 7.52. The molecule has 0 fully saturated rings. The van der Waals surface area contributed by atoms with Crippen molar-refractivity contribution in [1.82, 2.24) is 10.3 Å². The fourth-order valence-electron chi connectivity index (χ4n) is 2.58. The van der Waals surface area contributed by atoms with Gasteiger partial charge < -0.3 is 10.6 Å². The lowest BCUT2D eigenvalue weighted by atomic mass is 10.0. The van der Waals surface area contributed by atoms with Crippen LogP contribution in [0.15, 0.2) is 27.9 Å². The second kappa shape index (κ2) is 6.72. The first-order chi connectivity index (χ1) is 11.1. The number of nitrogens with zero attached hydrogens (tertiary/aromatic N) is 1. The molecule has 0 bridgehead atoms. The number of amides is 2. The minimum absolute atomic E-state index is 0.186. The number of nitrogens with one attached hydrogen (secondary N) is 2. The smallest absolute Gasteiger partial charge is 0.251 e. The number of aryl methyl sites for hydroxylation is 1. The largest absolute Gasteiger partial charge is 0.340 e. The molecule has 0 spiro atoms. The monoisotopic (exact) mass is 347 g/mol. The van der Waals surface area contributed by atoms with Crippen molar-refractivity contribution in [1.29, 1.82) is 0 Å². The van der Waals surface area contributed by atoms with Gasteiger partial charge in [-0.15, -0.1) is 11.3 Å². The topological polar surface area (TPSA) is 71.1 Å². The number of thiazole rings is 1. The van der Waals surface area contributed by atoms with Crippen LogP contribution < -0.4 is 10.6 Å². The quantitative estimate of drug-likeness (QED) is 0.816. The molecule has 5 nitrogen and oxygen atoms in total. The van der Waals surface area contributed by atoms with Crippen LogP contribution in [0.1, 0.15) is 29.8 Å². The maximum Gasteiger partial charge on any atom is 0.251 e. The fraction of sp³-hybridized carbons (Fsp3) is 0.312. The number of anilines is 1. The van der Waals surface area contributed by atoms with E-state index in [9.17, 15) is 9.59 Å². The Hall–Kier alpha value is -1.86. The molecule has 23 heavy (non-hydrogen) atoms. The molecule has 2 amide bonds. The number of hydrogen-bond donors (Lipinski definition) is 2. The van der Waals surface area contributed by atoms with Gasteiger partial charge in [0.25, 0.3) is 5.91 Å². The summed E-state index contributed by atoms with van der Waals surface area (Å²) in [6.07, 6.45) is 0.186. The predicted octanol–water partition coefficient (Wildman–Crippen LogP) is 2.92. The van der Waals surface area contributed by atoms with Crippen LogP contribution >= 0.6 is 23.1 Å². The first-order valence-corrected chi connectivity index (χ1v) is 9.22. The molecule has 1 atom stereocenters. The van der Waals surface area contributed by atoms with E-state index in [0.29, 0.717) is 0 Å². The van der Waals surface area contributed by atoms with Crippen LogP contribution in [-0.4, -0.2) is 22.6 Å². The zero-order valence-corrected chi connectivity index (χ0v) is 14.5. The standard InChI is InChI=1S/C16H17N3O2S2/c1-3-22-16-17-10(8-23-16)7-12(20)19-14-13-9(2)5-4-6-11(13)18-15(14)21/h4-6,8,14H,3,7H2,1-2H3,(H,18,21)(H,19,20). The van der Waals surface area contributed by atoms with E-state index in [4.69, 9.17) is 0 Å². The third kappa shape index (κ3) is 3.40. The van der Waals surface area contributed by atoms with Gasteiger partial charge in [-0.05, 0) is 24.3 Å². The lowest BCUT2D eigenvalue weighted by molar-refractivity contribution is -0.125. The fourth-order valence-corrected chi connectivity index (χ4v) is 4.32. The molecule has 120 valence electrons. The minimum Gasteiger partial charge on any atom is -0.340 e. The molecule has 1 aliphatic rings. The van der Waals surface area contributed by atoms with Crippen LogP contribution in [0.3, 0.4) is 0 Å². The Bertz CT molecular complexity index is 758. The molecule has 0 saturated heterocycles. The van der Waals surface area contributed by atoms with E-state index in [1.54, 1.807) is 23.1 Å². The van der Waals surface area contributed by atoms with Gasteiger partial charge in [-0.25, -0.2) is 4.98 Å². The summed E-state index contributed by atoms with van der Waals surface area (Å²) in [7, 11) is 0. The molecular weight excluding hydrogens is 330 g/mol. The van der Waals surface area contributed by atoms with E-state index in [1.165, 1.54) is 0 Å². The van der Waals surface area contributed by atoms with Gasteiger partial charge in [0.1, 0.15) is 10.4 Å². The first kappa shape index (κ1) is 16.0. The van der Waals surface area contributed by atoms with Gasteiger partial charge in [0.2, 0.25) is 5.91 Å². The van der Waals surface area contributed by atoms with E-state index in [1.807, 2.05) is 30.5 Å². The van der Waals surface area contributed by atoms with Crippen molar-refractivity contribution in [2.24, 2.45) is 0 Å². The Kier molecular flexibility index (Phi) is 4.68. The average molecular weight is 347 g/mol. The van der Waals surface area contributed by atoms with Crippen LogP contribution in [-0.2, 0) is 16.0 Å². The second-order valence-corrected chi connectivity index (χ2v) is 7.61. The van der Waals surface area contributed by atoms with Crippen molar-refractivity contribution in [2.75, 3.05) is 11.1 Å². The summed E-state index contributed by atoms with van der Waals surface area (Å²) in [6, 6.07) is 5.05. The summed E-state index contributed by atoms with van der Waals surface area (Å²) in [5.41, 5.74) is 3.36. The maximum atomic E-state index is 12.3. The number of aromatic nitrogens is 1. The van der Waals surface area contributed by atoms with Gasteiger partial charge in [0, 0.05) is 16.6 Å². The normalized spacial score (nSPS) is 16.1. The summed E-state index contributed by atoms with van der Waals surface area (Å²) in [6.45, 7) is 4.00. The highest BCUT2D eigenvalue weighted by Gasteiger charge is 2.32. The predicted molar refractivity (Wildman–Crippen MR) is 92.9 cm³/mol. The lowest BCUT2D eigenvalue weighted by Crippen LogP contribution is -2.34. The molecule has 2 aromatic rings. The third-order valence-corrected chi connectivity index (χ3v) is 5.53. The van der Waals surface area contributed by atoms with Gasteiger partial charge in [0.15, 0.2) is 0 Å². The van der Waals surface area contributed by atoms with Gasteiger partial charge in [-0.1, -0.05) is 30.8 Å². The number of carbonyl (C=O) groups excluding carboxylic acids is 2. The maximum absolute atomic E-state index is 12.3. The molecule has 1 unspecified atom stereocenters. The lowest BCUT2D eigenvalue weighted by Gasteiger charge is -2.13. The molecule has 2 N–H and O–H groups in total. The summed E-state index contributed by atoms with van der Waals surface area (Å²) in [4.78, 5) is 28.8. The Morgan fingerprint density at radius 3 is 3.09 bits per heavy atom. The minimum atomic E-state index is -0.623. The molecule has 2 heterocycles. The third-order valence-electron chi connectivity index (χ3n) is 3.58. The van der Waals surface area contributed by atoms with Crippen LogP contribution in [0.4, 0.5) is 5.69 Å². The van der Waals surface area contributed by atoms with Crippen LogP contribution in [0.25, 0.3) is 0 Å². The molecule has 3 rings (SSSR count). The van der Waals surface area contributed by atoms with Gasteiger partial charge in [-0.3, -0.25) is 9.59 Å². The number of hydrogen-bond acceptors (Lipinski definition) is 5. The Morgan fingerprint density at radius 1 is 1.48 bits per heavy atom. The molecule has 1 aromatic heterocycles. The number of carbonyl (C=O) groups is 2. The van der Waals surface area contributed by atoms with Crippen LogP contribution in [0, 0.1) is 6.92 Å². The van der Waals surface area contributed by atoms with Crippen molar-refractivity contribution in [3.05, 3.63) is 40.4 Å². The van der Waals surface area contributed by atoms with E-state index >= 15 is 0 Å². The van der Waals surface area contributed by atoms with Gasteiger partial charge in [-0.2, -0.15) is 0 Å². The van der Waals surface area contributed by atoms with E-state index in [0.717, 1.165) is 32.6 Å². The Labute approximate surface area is 142 Å². The Balaban J connectivity index is 1.70. The zero-order valence-electron chi connectivity index (χ0n) is 12.9. The molecule has 0 radical (unpaired) electrons. The first-order valence-electron chi connectivity index (χ1n) is 7.35. The molecule has 7 heteroatoms. The number of fused-ring (bicyclic) bond motifs is 1. The van der Waals surface area contributed by atoms with Crippen molar-refractivity contribution < 1.29 is 9.59 Å². The summed E-state index contributed by atoms with van der Waals surface area (Å²) >= 11 is 3.20. The molecule has 0 saturated carbocycles. The zero-order chi connectivity index (χ0) is 16.4. The van der Waals surface area contributed by atoms with Crippen molar-refractivity contribution in [3.63, 3.8) is 0 Å². The molecular formula is C16H17N3O2S2. The Morgan fingerprint density at radius 2 is 2.30 bits per heavy atom. The molecule has 1 aliphatic heterocycles. The van der Waals surface area contributed by atoms with Gasteiger partial charge in [0.05, 0.1) is 12.1 Å². The molecule has 1 aromatic carbocycles. The highest BCUT2D eigenvalue weighted by atomic mass is 32.2. The SMILES string of the molecule is CCSc1nc(CC(=O)NC2C(=O)Nc3cccc(C)c32)cs1. The second-order valence-electron chi connectivity index (χ2n) is 5.24. The number of thioether (sulfide) groups is 1. The van der Waals surface area contributed by atoms with Crippen molar-refractivity contribution >= 4 is 40.6 Å². The number of rotatable bonds is 5. The summed E-state index contributed by atoms with van der Waals surface area (Å²) < 4.78 is 0.968. The molecule has 0 aliphatic carbocycles. The van der Waals surface area contributed by atoms with Crippen molar-refractivity contribution in [2.45, 2.75) is 30.6 Å². The van der Waals surface area contributed by atoms with Crippen LogP contribution in [0.2, 0.25) is 0 Å². The number of benzene rings is 1. The van der Waals surface area contributed by atoms with Gasteiger partial charge >= 0.3 is 0 Å². The highest BCUT2D eigenvalue weighted by molar-refractivity contribution is 8.00. The van der Waals surface area contributed by atoms with Crippen molar-refractivity contribution in [3.8, 4) is 0 Å². The van der Waals surface area contributed by atoms with E-state index < -0.39 is 6.04 Å². The summed E-state index contributed by atoms with van der Waals surface area (Å²) in [5.74, 6) is 0.569. The van der Waals surface area contributed by atoms with E-state index in [-0.39, 0.29) is 18.2 Å². The van der Waals surface area contributed by atoms with E-state index in [2.05, 4.69) is 22.5 Å². The highest BCUT2D eigenvalue weighted by Crippen LogP contribution is 2.33. The van der Waals surface area contributed by atoms with Crippen LogP contribution in [0.5, 0.6) is 0 Å². The average Bonchev–Trinajstić information content (AvgIpc) is 3.05.